The molecule has 0 spiro atoms. The van der Waals surface area contributed by atoms with Gasteiger partial charge >= 0.3 is 0 Å². The van der Waals surface area contributed by atoms with Crippen molar-refractivity contribution in [2.24, 2.45) is 5.41 Å². The molecule has 1 atom stereocenters. The van der Waals surface area contributed by atoms with Gasteiger partial charge < -0.3 is 10.4 Å². The molecule has 2 N–H and O–H groups in total. The Labute approximate surface area is 110 Å². The van der Waals surface area contributed by atoms with Crippen LogP contribution in [0.3, 0.4) is 0 Å². The zero-order valence-corrected chi connectivity index (χ0v) is 11.9. The summed E-state index contributed by atoms with van der Waals surface area (Å²) in [5.41, 5.74) is 0.890. The molecule has 0 fully saturated rings. The fourth-order valence-electron chi connectivity index (χ4n) is 1.21. The SMILES string of the molecule is CCC(C)(CO)CNc1ccc(Br)c(Cl)c1. The van der Waals surface area contributed by atoms with E-state index in [-0.39, 0.29) is 12.0 Å². The van der Waals surface area contributed by atoms with Crippen LogP contribution in [0.25, 0.3) is 0 Å². The van der Waals surface area contributed by atoms with Crippen LogP contribution in [-0.2, 0) is 0 Å². The van der Waals surface area contributed by atoms with Crippen molar-refractivity contribution in [3.8, 4) is 0 Å². The molecule has 0 aromatic heterocycles. The van der Waals surface area contributed by atoms with Crippen LogP contribution in [0.15, 0.2) is 22.7 Å². The van der Waals surface area contributed by atoms with Crippen molar-refractivity contribution in [1.29, 1.82) is 0 Å². The molecule has 4 heteroatoms. The van der Waals surface area contributed by atoms with E-state index in [2.05, 4.69) is 35.1 Å². The molecule has 1 aromatic carbocycles. The minimum Gasteiger partial charge on any atom is -0.396 e. The van der Waals surface area contributed by atoms with Crippen LogP contribution in [0.1, 0.15) is 20.3 Å². The van der Waals surface area contributed by atoms with Crippen LogP contribution in [0, 0.1) is 5.41 Å². The number of halogens is 2. The van der Waals surface area contributed by atoms with Crippen molar-refractivity contribution in [2.75, 3.05) is 18.5 Å². The summed E-state index contributed by atoms with van der Waals surface area (Å²) in [4.78, 5) is 0. The second kappa shape index (κ2) is 5.89. The molecular weight excluding hydrogens is 289 g/mol. The van der Waals surface area contributed by atoms with Gasteiger partial charge in [-0.1, -0.05) is 25.4 Å². The van der Waals surface area contributed by atoms with Crippen molar-refractivity contribution in [3.63, 3.8) is 0 Å². The largest absolute Gasteiger partial charge is 0.396 e. The normalized spacial score (nSPS) is 14.6. The quantitative estimate of drug-likeness (QED) is 0.864. The molecule has 2 nitrogen and oxygen atoms in total. The van der Waals surface area contributed by atoms with Crippen molar-refractivity contribution in [2.45, 2.75) is 20.3 Å². The summed E-state index contributed by atoms with van der Waals surface area (Å²) in [6.07, 6.45) is 0.931. The van der Waals surface area contributed by atoms with Gasteiger partial charge in [0.05, 0.1) is 11.6 Å². The molecule has 90 valence electrons. The van der Waals surface area contributed by atoms with E-state index in [0.29, 0.717) is 5.02 Å². The summed E-state index contributed by atoms with van der Waals surface area (Å²) in [5.74, 6) is 0. The molecule has 0 amide bonds. The first-order valence-electron chi connectivity index (χ1n) is 5.30. The molecule has 0 saturated heterocycles. The lowest BCUT2D eigenvalue weighted by atomic mass is 9.88. The highest BCUT2D eigenvalue weighted by molar-refractivity contribution is 9.10. The summed E-state index contributed by atoms with van der Waals surface area (Å²) < 4.78 is 0.889. The maximum absolute atomic E-state index is 9.29. The first-order valence-corrected chi connectivity index (χ1v) is 6.47. The number of nitrogens with one attached hydrogen (secondary N) is 1. The van der Waals surface area contributed by atoms with Crippen LogP contribution in [-0.4, -0.2) is 18.3 Å². The van der Waals surface area contributed by atoms with Gasteiger partial charge in [0, 0.05) is 22.1 Å². The second-order valence-corrected chi connectivity index (χ2v) is 5.57. The molecule has 0 radical (unpaired) electrons. The number of rotatable bonds is 5. The number of anilines is 1. The lowest BCUT2D eigenvalue weighted by Gasteiger charge is -2.26. The third-order valence-corrected chi connectivity index (χ3v) is 4.11. The Hall–Kier alpha value is -0.250. The van der Waals surface area contributed by atoms with Crippen molar-refractivity contribution < 1.29 is 5.11 Å². The van der Waals surface area contributed by atoms with Gasteiger partial charge in [0.25, 0.3) is 0 Å². The number of hydrogen-bond acceptors (Lipinski definition) is 2. The monoisotopic (exact) mass is 305 g/mol. The predicted molar refractivity (Wildman–Crippen MR) is 73.1 cm³/mol. The van der Waals surface area contributed by atoms with Crippen molar-refractivity contribution >= 4 is 33.2 Å². The number of aliphatic hydroxyl groups is 1. The molecule has 0 bridgehead atoms. The van der Waals surface area contributed by atoms with E-state index in [1.807, 2.05) is 18.2 Å². The van der Waals surface area contributed by atoms with Crippen LogP contribution < -0.4 is 5.32 Å². The van der Waals surface area contributed by atoms with E-state index >= 15 is 0 Å². The molecule has 0 aliphatic rings. The summed E-state index contributed by atoms with van der Waals surface area (Å²) in [7, 11) is 0. The Morgan fingerprint density at radius 1 is 1.50 bits per heavy atom. The van der Waals surface area contributed by atoms with Gasteiger partial charge in [-0.3, -0.25) is 0 Å². The maximum Gasteiger partial charge on any atom is 0.0568 e. The first-order chi connectivity index (χ1) is 7.50. The smallest absolute Gasteiger partial charge is 0.0568 e. The zero-order chi connectivity index (χ0) is 12.2. The lowest BCUT2D eigenvalue weighted by Crippen LogP contribution is -2.29. The van der Waals surface area contributed by atoms with Crippen molar-refractivity contribution in [1.82, 2.24) is 0 Å². The first kappa shape index (κ1) is 13.8. The topological polar surface area (TPSA) is 32.3 Å². The van der Waals surface area contributed by atoms with E-state index in [1.165, 1.54) is 0 Å². The molecule has 1 aromatic rings. The van der Waals surface area contributed by atoms with Gasteiger partial charge in [-0.2, -0.15) is 0 Å². The maximum atomic E-state index is 9.29. The minimum atomic E-state index is -0.0838. The lowest BCUT2D eigenvalue weighted by molar-refractivity contribution is 0.149. The van der Waals surface area contributed by atoms with Crippen LogP contribution in [0.4, 0.5) is 5.69 Å². The molecule has 1 unspecified atom stereocenters. The van der Waals surface area contributed by atoms with E-state index in [1.54, 1.807) is 0 Å². The molecule has 0 aliphatic carbocycles. The fourth-order valence-corrected chi connectivity index (χ4v) is 1.64. The summed E-state index contributed by atoms with van der Waals surface area (Å²) in [6, 6.07) is 5.75. The summed E-state index contributed by atoms with van der Waals surface area (Å²) in [5, 5.41) is 13.3. The Morgan fingerprint density at radius 2 is 2.19 bits per heavy atom. The molecule has 0 saturated carbocycles. The highest BCUT2D eigenvalue weighted by Crippen LogP contribution is 2.27. The second-order valence-electron chi connectivity index (χ2n) is 4.30. The highest BCUT2D eigenvalue weighted by atomic mass is 79.9. The third kappa shape index (κ3) is 3.65. The van der Waals surface area contributed by atoms with Gasteiger partial charge in [-0.05, 0) is 40.5 Å². The van der Waals surface area contributed by atoms with Crippen molar-refractivity contribution in [3.05, 3.63) is 27.7 Å². The van der Waals surface area contributed by atoms with Crippen LogP contribution in [0.2, 0.25) is 5.02 Å². The Bertz CT molecular complexity index is 353. The molecule has 0 heterocycles. The van der Waals surface area contributed by atoms with Gasteiger partial charge in [-0.15, -0.1) is 0 Å². The Morgan fingerprint density at radius 3 is 2.69 bits per heavy atom. The third-order valence-electron chi connectivity index (χ3n) is 2.87. The van der Waals surface area contributed by atoms with Crippen LogP contribution >= 0.6 is 27.5 Å². The minimum absolute atomic E-state index is 0.0838. The molecule has 0 aliphatic heterocycles. The van der Waals surface area contributed by atoms with Crippen LogP contribution in [0.5, 0.6) is 0 Å². The molecule has 16 heavy (non-hydrogen) atoms. The standard InChI is InChI=1S/C12H17BrClNO/c1-3-12(2,8-16)7-15-9-4-5-10(13)11(14)6-9/h4-6,15-16H,3,7-8H2,1-2H3. The number of benzene rings is 1. The van der Waals surface area contributed by atoms with E-state index in [9.17, 15) is 5.11 Å². The highest BCUT2D eigenvalue weighted by Gasteiger charge is 2.20. The van der Waals surface area contributed by atoms with Gasteiger partial charge in [0.15, 0.2) is 0 Å². The average Bonchev–Trinajstić information content (AvgIpc) is 2.30. The summed E-state index contributed by atoms with van der Waals surface area (Å²) in [6.45, 7) is 5.05. The number of aliphatic hydroxyl groups excluding tert-OH is 1. The Balaban J connectivity index is 2.64. The van der Waals surface area contributed by atoms with Gasteiger partial charge in [0.1, 0.15) is 0 Å². The fraction of sp³-hybridized carbons (Fsp3) is 0.500. The van der Waals surface area contributed by atoms with Gasteiger partial charge in [-0.25, -0.2) is 0 Å². The van der Waals surface area contributed by atoms with E-state index in [4.69, 9.17) is 11.6 Å². The molecular formula is C12H17BrClNO. The zero-order valence-electron chi connectivity index (χ0n) is 9.56. The van der Waals surface area contributed by atoms with E-state index in [0.717, 1.165) is 23.1 Å². The predicted octanol–water partition coefficient (Wildman–Crippen LogP) is 3.92. The Kier molecular flexibility index (Phi) is 5.09. The summed E-state index contributed by atoms with van der Waals surface area (Å²) >= 11 is 9.34. The van der Waals surface area contributed by atoms with Gasteiger partial charge in [0.2, 0.25) is 0 Å². The molecule has 1 rings (SSSR count). The number of hydrogen-bond donors (Lipinski definition) is 2. The average molecular weight is 307 g/mol. The van der Waals surface area contributed by atoms with E-state index < -0.39 is 0 Å².